The van der Waals surface area contributed by atoms with Gasteiger partial charge in [-0.3, -0.25) is 0 Å². The molecular formula is C13H16F2N2. The first-order chi connectivity index (χ1) is 8.20. The Morgan fingerprint density at radius 3 is 2.65 bits per heavy atom. The van der Waals surface area contributed by atoms with Gasteiger partial charge in [0, 0.05) is 24.7 Å². The number of nitrogens with two attached hydrogens (primary N) is 1. The summed E-state index contributed by atoms with van der Waals surface area (Å²) in [5, 5.41) is 0. The molecule has 4 heteroatoms. The van der Waals surface area contributed by atoms with Gasteiger partial charge in [-0.05, 0) is 31.2 Å². The molecule has 1 saturated heterocycles. The Kier molecular flexibility index (Phi) is 2.54. The summed E-state index contributed by atoms with van der Waals surface area (Å²) in [6.07, 6.45) is 3.45. The minimum Gasteiger partial charge on any atom is -0.366 e. The summed E-state index contributed by atoms with van der Waals surface area (Å²) in [6, 6.07) is 3.67. The molecule has 1 heterocycles. The Balaban J connectivity index is 1.96. The number of fused-ring (bicyclic) bond motifs is 2. The third-order valence-corrected chi connectivity index (χ3v) is 4.08. The maximum atomic E-state index is 14.0. The average molecular weight is 238 g/mol. The minimum absolute atomic E-state index is 0.0368. The third-order valence-electron chi connectivity index (χ3n) is 4.08. The first kappa shape index (κ1) is 11.0. The van der Waals surface area contributed by atoms with Gasteiger partial charge in [0.2, 0.25) is 0 Å². The maximum Gasteiger partial charge on any atom is 0.182 e. The predicted molar refractivity (Wildman–Crippen MR) is 62.7 cm³/mol. The lowest BCUT2D eigenvalue weighted by Gasteiger charge is -2.29. The van der Waals surface area contributed by atoms with Gasteiger partial charge in [-0.1, -0.05) is 6.07 Å². The molecule has 2 aliphatic rings. The van der Waals surface area contributed by atoms with Crippen molar-refractivity contribution in [2.75, 3.05) is 11.4 Å². The van der Waals surface area contributed by atoms with Crippen molar-refractivity contribution < 1.29 is 8.78 Å². The molecule has 2 nitrogen and oxygen atoms in total. The van der Waals surface area contributed by atoms with Gasteiger partial charge in [0.05, 0.1) is 5.69 Å². The van der Waals surface area contributed by atoms with Crippen LogP contribution in [0.25, 0.3) is 0 Å². The summed E-state index contributed by atoms with van der Waals surface area (Å²) >= 11 is 0. The molecule has 17 heavy (non-hydrogen) atoms. The van der Waals surface area contributed by atoms with Crippen LogP contribution in [0.3, 0.4) is 0 Å². The molecule has 3 rings (SSSR count). The lowest BCUT2D eigenvalue weighted by Crippen LogP contribution is -2.32. The Hall–Kier alpha value is -1.16. The fraction of sp³-hybridized carbons (Fsp3) is 0.538. The van der Waals surface area contributed by atoms with Crippen molar-refractivity contribution in [2.45, 2.75) is 31.8 Å². The molecule has 1 aromatic rings. The van der Waals surface area contributed by atoms with Gasteiger partial charge in [0.25, 0.3) is 0 Å². The second-order valence-corrected chi connectivity index (χ2v) is 5.06. The smallest absolute Gasteiger partial charge is 0.182 e. The van der Waals surface area contributed by atoms with Gasteiger partial charge >= 0.3 is 0 Å². The third kappa shape index (κ3) is 1.62. The van der Waals surface area contributed by atoms with E-state index in [4.69, 9.17) is 5.73 Å². The molecule has 0 spiro atoms. The molecular weight excluding hydrogens is 222 g/mol. The SMILES string of the molecule is NCc1ccc(N2CC3CCC2C3)c(F)c1F. The second-order valence-electron chi connectivity index (χ2n) is 5.06. The number of hydrogen-bond acceptors (Lipinski definition) is 2. The highest BCUT2D eigenvalue weighted by molar-refractivity contribution is 5.52. The predicted octanol–water partition coefficient (Wildman–Crippen LogP) is 2.41. The van der Waals surface area contributed by atoms with Crippen molar-refractivity contribution in [1.29, 1.82) is 0 Å². The van der Waals surface area contributed by atoms with Crippen LogP contribution in [0.2, 0.25) is 0 Å². The van der Waals surface area contributed by atoms with E-state index in [2.05, 4.69) is 0 Å². The molecule has 1 saturated carbocycles. The molecule has 2 bridgehead atoms. The standard InChI is InChI=1S/C13H16F2N2/c14-12-9(6-16)2-4-11(13(12)15)17-7-8-1-3-10(17)5-8/h2,4,8,10H,1,3,5-7,16H2. The summed E-state index contributed by atoms with van der Waals surface area (Å²) in [6.45, 7) is 0.901. The molecule has 0 amide bonds. The zero-order valence-electron chi connectivity index (χ0n) is 9.63. The van der Waals surface area contributed by atoms with Crippen LogP contribution in [0.15, 0.2) is 12.1 Å². The molecule has 92 valence electrons. The van der Waals surface area contributed by atoms with E-state index in [0.717, 1.165) is 19.4 Å². The van der Waals surface area contributed by atoms with Crippen molar-refractivity contribution in [1.82, 2.24) is 0 Å². The zero-order chi connectivity index (χ0) is 12.0. The second kappa shape index (κ2) is 3.95. The summed E-state index contributed by atoms with van der Waals surface area (Å²) in [4.78, 5) is 2.02. The Morgan fingerprint density at radius 1 is 1.24 bits per heavy atom. The van der Waals surface area contributed by atoms with Crippen molar-refractivity contribution in [3.8, 4) is 0 Å². The van der Waals surface area contributed by atoms with Crippen molar-refractivity contribution in [2.24, 2.45) is 11.7 Å². The van der Waals surface area contributed by atoms with Crippen LogP contribution >= 0.6 is 0 Å². The topological polar surface area (TPSA) is 29.3 Å². The van der Waals surface area contributed by atoms with Gasteiger partial charge in [0.15, 0.2) is 11.6 Å². The van der Waals surface area contributed by atoms with Gasteiger partial charge < -0.3 is 10.6 Å². The van der Waals surface area contributed by atoms with Crippen LogP contribution in [0, 0.1) is 17.6 Å². The highest BCUT2D eigenvalue weighted by atomic mass is 19.2. The number of benzene rings is 1. The fourth-order valence-corrected chi connectivity index (χ4v) is 3.18. The van der Waals surface area contributed by atoms with Gasteiger partial charge in [-0.25, -0.2) is 8.78 Å². The number of halogens is 2. The van der Waals surface area contributed by atoms with Crippen LogP contribution in [0.5, 0.6) is 0 Å². The molecule has 2 N–H and O–H groups in total. The number of nitrogens with zero attached hydrogens (tertiary/aromatic N) is 1. The largest absolute Gasteiger partial charge is 0.366 e. The lowest BCUT2D eigenvalue weighted by molar-refractivity contribution is 0.487. The van der Waals surface area contributed by atoms with Crippen molar-refractivity contribution in [3.63, 3.8) is 0 Å². The Labute approximate surface area is 99.4 Å². The normalized spacial score (nSPS) is 26.9. The molecule has 0 aromatic heterocycles. The van der Waals surface area contributed by atoms with Crippen molar-refractivity contribution >= 4 is 5.69 Å². The number of rotatable bonds is 2. The van der Waals surface area contributed by atoms with Crippen LogP contribution in [-0.4, -0.2) is 12.6 Å². The number of hydrogen-bond donors (Lipinski definition) is 1. The molecule has 1 aliphatic carbocycles. The van der Waals surface area contributed by atoms with E-state index >= 15 is 0 Å². The van der Waals surface area contributed by atoms with Gasteiger partial charge in [-0.2, -0.15) is 0 Å². The zero-order valence-corrected chi connectivity index (χ0v) is 9.63. The average Bonchev–Trinajstić information content (AvgIpc) is 2.94. The van der Waals surface area contributed by atoms with Crippen LogP contribution in [-0.2, 0) is 6.54 Å². The molecule has 2 atom stereocenters. The molecule has 2 unspecified atom stereocenters. The van der Waals surface area contributed by atoms with E-state index in [1.54, 1.807) is 12.1 Å². The first-order valence-electron chi connectivity index (χ1n) is 6.14. The summed E-state index contributed by atoms with van der Waals surface area (Å²) in [5.74, 6) is -0.857. The monoisotopic (exact) mass is 238 g/mol. The summed E-state index contributed by atoms with van der Waals surface area (Å²) in [5.41, 5.74) is 6.02. The number of piperidine rings is 1. The van der Waals surface area contributed by atoms with E-state index in [0.29, 0.717) is 17.6 Å². The quantitative estimate of drug-likeness (QED) is 0.857. The summed E-state index contributed by atoms with van der Waals surface area (Å²) < 4.78 is 27.6. The maximum absolute atomic E-state index is 14.0. The molecule has 1 aliphatic heterocycles. The van der Waals surface area contributed by atoms with Crippen LogP contribution < -0.4 is 10.6 Å². The molecule has 1 aromatic carbocycles. The number of anilines is 1. The van der Waals surface area contributed by atoms with E-state index in [1.165, 1.54) is 6.42 Å². The first-order valence-corrected chi connectivity index (χ1v) is 6.14. The Bertz CT molecular complexity index is 447. The van der Waals surface area contributed by atoms with Gasteiger partial charge in [0.1, 0.15) is 0 Å². The van der Waals surface area contributed by atoms with Crippen LogP contribution in [0.1, 0.15) is 24.8 Å². The van der Waals surface area contributed by atoms with Crippen LogP contribution in [0.4, 0.5) is 14.5 Å². The molecule has 0 radical (unpaired) electrons. The Morgan fingerprint density at radius 2 is 2.06 bits per heavy atom. The molecule has 2 fully saturated rings. The van der Waals surface area contributed by atoms with Gasteiger partial charge in [-0.15, -0.1) is 0 Å². The van der Waals surface area contributed by atoms with E-state index in [1.807, 2.05) is 4.90 Å². The highest BCUT2D eigenvalue weighted by Gasteiger charge is 2.39. The fourth-order valence-electron chi connectivity index (χ4n) is 3.18. The van der Waals surface area contributed by atoms with E-state index in [-0.39, 0.29) is 12.1 Å². The van der Waals surface area contributed by atoms with Crippen molar-refractivity contribution in [3.05, 3.63) is 29.3 Å². The highest BCUT2D eigenvalue weighted by Crippen LogP contribution is 2.41. The lowest BCUT2D eigenvalue weighted by atomic mass is 10.1. The van der Waals surface area contributed by atoms with E-state index in [9.17, 15) is 8.78 Å². The summed E-state index contributed by atoms with van der Waals surface area (Å²) in [7, 11) is 0. The minimum atomic E-state index is -0.784. The van der Waals surface area contributed by atoms with E-state index < -0.39 is 11.6 Å².